The molecule has 1 aromatic carbocycles. The molecule has 0 amide bonds. The Morgan fingerprint density at radius 1 is 1.31 bits per heavy atom. The van der Waals surface area contributed by atoms with E-state index in [4.69, 9.17) is 4.52 Å². The van der Waals surface area contributed by atoms with Gasteiger partial charge in [-0.15, -0.1) is 0 Å². The molecule has 2 aliphatic heterocycles. The van der Waals surface area contributed by atoms with Crippen LogP contribution in [0.4, 0.5) is 4.39 Å². The van der Waals surface area contributed by atoms with E-state index in [0.717, 1.165) is 43.1 Å². The molecule has 0 spiro atoms. The molecule has 2 fully saturated rings. The van der Waals surface area contributed by atoms with Gasteiger partial charge in [0, 0.05) is 31.0 Å². The third-order valence-corrected chi connectivity index (χ3v) is 5.61. The second-order valence-electron chi connectivity index (χ2n) is 7.78. The van der Waals surface area contributed by atoms with Gasteiger partial charge < -0.3 is 4.52 Å². The van der Waals surface area contributed by atoms with Gasteiger partial charge in [-0.25, -0.2) is 9.82 Å². The fourth-order valence-corrected chi connectivity index (χ4v) is 4.15. The molecule has 0 saturated carbocycles. The van der Waals surface area contributed by atoms with Crippen LogP contribution in [0.25, 0.3) is 0 Å². The summed E-state index contributed by atoms with van der Waals surface area (Å²) in [6.45, 7) is 7.22. The molecular formula is C20H27FN4O. The van der Waals surface area contributed by atoms with Gasteiger partial charge in [0.05, 0.1) is 12.1 Å². The number of hydrazine groups is 1. The smallest absolute Gasteiger partial charge is 0.139 e. The number of hydrogen-bond donors (Lipinski definition) is 2. The van der Waals surface area contributed by atoms with Crippen molar-refractivity contribution in [3.8, 4) is 0 Å². The van der Waals surface area contributed by atoms with Crippen molar-refractivity contribution in [3.05, 3.63) is 53.2 Å². The van der Waals surface area contributed by atoms with E-state index in [1.54, 1.807) is 0 Å². The monoisotopic (exact) mass is 358 g/mol. The standard InChI is InChI=1S/C20H27FN4O/c1-13(2)19-10-17(24-26-19)18-4-3-9-25(18)12-15-11-22-23-20(15)14-5-7-16(21)8-6-14/h5-8,10,13,15,18,20,22-23H,3-4,9,11-12H2,1-2H3. The lowest BCUT2D eigenvalue weighted by molar-refractivity contribution is 0.203. The summed E-state index contributed by atoms with van der Waals surface area (Å²) >= 11 is 0. The van der Waals surface area contributed by atoms with Gasteiger partial charge in [-0.1, -0.05) is 31.1 Å². The number of halogens is 1. The van der Waals surface area contributed by atoms with E-state index < -0.39 is 0 Å². The van der Waals surface area contributed by atoms with Crippen LogP contribution in [0.1, 0.15) is 61.7 Å². The Labute approximate surface area is 153 Å². The lowest BCUT2D eigenvalue weighted by Crippen LogP contribution is -2.33. The number of hydrogen-bond acceptors (Lipinski definition) is 5. The van der Waals surface area contributed by atoms with Crippen LogP contribution in [0.5, 0.6) is 0 Å². The number of nitrogens with zero attached hydrogens (tertiary/aromatic N) is 2. The Morgan fingerprint density at radius 2 is 2.12 bits per heavy atom. The molecule has 3 unspecified atom stereocenters. The Bertz CT molecular complexity index is 730. The van der Waals surface area contributed by atoms with Crippen molar-refractivity contribution in [1.82, 2.24) is 20.9 Å². The van der Waals surface area contributed by atoms with Crippen LogP contribution in [-0.2, 0) is 0 Å². The summed E-state index contributed by atoms with van der Waals surface area (Å²) in [6.07, 6.45) is 2.31. The maximum atomic E-state index is 13.2. The second-order valence-corrected chi connectivity index (χ2v) is 7.78. The van der Waals surface area contributed by atoms with Crippen LogP contribution in [0.2, 0.25) is 0 Å². The maximum Gasteiger partial charge on any atom is 0.139 e. The molecule has 2 N–H and O–H groups in total. The van der Waals surface area contributed by atoms with Crippen molar-refractivity contribution in [3.63, 3.8) is 0 Å². The molecule has 2 aromatic rings. The van der Waals surface area contributed by atoms with E-state index in [-0.39, 0.29) is 11.9 Å². The first-order valence-electron chi connectivity index (χ1n) is 9.56. The first-order chi connectivity index (χ1) is 12.6. The topological polar surface area (TPSA) is 53.3 Å². The lowest BCUT2D eigenvalue weighted by Gasteiger charge is -2.28. The summed E-state index contributed by atoms with van der Waals surface area (Å²) in [4.78, 5) is 2.53. The summed E-state index contributed by atoms with van der Waals surface area (Å²) in [5.74, 6) is 1.55. The summed E-state index contributed by atoms with van der Waals surface area (Å²) in [7, 11) is 0. The molecule has 6 heteroatoms. The third-order valence-electron chi connectivity index (χ3n) is 5.61. The number of rotatable bonds is 5. The van der Waals surface area contributed by atoms with Crippen molar-refractivity contribution < 1.29 is 8.91 Å². The fraction of sp³-hybridized carbons (Fsp3) is 0.550. The average molecular weight is 358 g/mol. The molecule has 1 aromatic heterocycles. The molecule has 0 bridgehead atoms. The Hall–Kier alpha value is -1.76. The van der Waals surface area contributed by atoms with Crippen LogP contribution in [0.3, 0.4) is 0 Å². The molecule has 2 saturated heterocycles. The van der Waals surface area contributed by atoms with Crippen molar-refractivity contribution in [2.75, 3.05) is 19.6 Å². The molecule has 0 aliphatic carbocycles. The van der Waals surface area contributed by atoms with Crippen LogP contribution in [0.15, 0.2) is 34.9 Å². The average Bonchev–Trinajstić information content (AvgIpc) is 3.35. The van der Waals surface area contributed by atoms with Gasteiger partial charge in [-0.2, -0.15) is 0 Å². The predicted octanol–water partition coefficient (Wildman–Crippen LogP) is 3.54. The highest BCUT2D eigenvalue weighted by atomic mass is 19.1. The van der Waals surface area contributed by atoms with E-state index in [9.17, 15) is 4.39 Å². The van der Waals surface area contributed by atoms with Crippen molar-refractivity contribution in [2.45, 2.75) is 44.7 Å². The van der Waals surface area contributed by atoms with Gasteiger partial charge in [0.15, 0.2) is 0 Å². The summed E-state index contributed by atoms with van der Waals surface area (Å²) in [5.41, 5.74) is 8.82. The zero-order chi connectivity index (χ0) is 18.1. The zero-order valence-corrected chi connectivity index (χ0v) is 15.4. The lowest BCUT2D eigenvalue weighted by atomic mass is 9.94. The van der Waals surface area contributed by atoms with Gasteiger partial charge in [0.1, 0.15) is 17.3 Å². The summed E-state index contributed by atoms with van der Waals surface area (Å²) in [5, 5.41) is 4.34. The molecule has 0 radical (unpaired) electrons. The quantitative estimate of drug-likeness (QED) is 0.856. The van der Waals surface area contributed by atoms with Crippen molar-refractivity contribution >= 4 is 0 Å². The number of likely N-dealkylation sites (tertiary alicyclic amines) is 1. The van der Waals surface area contributed by atoms with E-state index >= 15 is 0 Å². The molecule has 3 heterocycles. The molecule has 5 nitrogen and oxygen atoms in total. The minimum atomic E-state index is -0.192. The Morgan fingerprint density at radius 3 is 2.85 bits per heavy atom. The van der Waals surface area contributed by atoms with Crippen LogP contribution in [-0.4, -0.2) is 29.7 Å². The van der Waals surface area contributed by atoms with Gasteiger partial charge in [0.25, 0.3) is 0 Å². The normalized spacial score (nSPS) is 26.8. The van der Waals surface area contributed by atoms with Gasteiger partial charge >= 0.3 is 0 Å². The Kier molecular flexibility index (Phi) is 5.07. The molecule has 4 rings (SSSR count). The van der Waals surface area contributed by atoms with Gasteiger partial charge in [0.2, 0.25) is 0 Å². The van der Waals surface area contributed by atoms with E-state index in [1.807, 2.05) is 12.1 Å². The third kappa shape index (κ3) is 3.54. The SMILES string of the molecule is CC(C)c1cc(C2CCCN2CC2CNNC2c2ccc(F)cc2)no1. The minimum absolute atomic E-state index is 0.192. The van der Waals surface area contributed by atoms with Crippen molar-refractivity contribution in [2.24, 2.45) is 5.92 Å². The van der Waals surface area contributed by atoms with E-state index in [0.29, 0.717) is 17.9 Å². The maximum absolute atomic E-state index is 13.2. The molecule has 3 atom stereocenters. The summed E-state index contributed by atoms with van der Waals surface area (Å²) < 4.78 is 18.8. The van der Waals surface area contributed by atoms with E-state index in [2.05, 4.69) is 40.8 Å². The van der Waals surface area contributed by atoms with Crippen LogP contribution in [0, 0.1) is 11.7 Å². The van der Waals surface area contributed by atoms with Crippen LogP contribution >= 0.6 is 0 Å². The van der Waals surface area contributed by atoms with Crippen molar-refractivity contribution in [1.29, 1.82) is 0 Å². The van der Waals surface area contributed by atoms with Crippen LogP contribution < -0.4 is 10.9 Å². The Balaban J connectivity index is 1.47. The molecular weight excluding hydrogens is 331 g/mol. The highest BCUT2D eigenvalue weighted by Gasteiger charge is 2.35. The zero-order valence-electron chi connectivity index (χ0n) is 15.4. The first-order valence-corrected chi connectivity index (χ1v) is 9.56. The number of nitrogens with one attached hydrogen (secondary N) is 2. The second kappa shape index (κ2) is 7.47. The first kappa shape index (κ1) is 17.6. The summed E-state index contributed by atoms with van der Waals surface area (Å²) in [6, 6.07) is 9.47. The number of benzene rings is 1. The van der Waals surface area contributed by atoms with Gasteiger partial charge in [-0.3, -0.25) is 10.3 Å². The molecule has 26 heavy (non-hydrogen) atoms. The van der Waals surface area contributed by atoms with Gasteiger partial charge in [-0.05, 0) is 37.1 Å². The largest absolute Gasteiger partial charge is 0.361 e. The molecule has 2 aliphatic rings. The predicted molar refractivity (Wildman–Crippen MR) is 97.9 cm³/mol. The minimum Gasteiger partial charge on any atom is -0.361 e. The number of aromatic nitrogens is 1. The highest BCUT2D eigenvalue weighted by molar-refractivity contribution is 5.22. The van der Waals surface area contributed by atoms with E-state index in [1.165, 1.54) is 18.6 Å². The fourth-order valence-electron chi connectivity index (χ4n) is 4.15. The molecule has 140 valence electrons. The highest BCUT2D eigenvalue weighted by Crippen LogP contribution is 2.35.